The number of hydrogen-bond acceptors (Lipinski definition) is 4. The summed E-state index contributed by atoms with van der Waals surface area (Å²) in [7, 11) is 1.64. The number of aliphatic hydroxyl groups is 1. The molecule has 0 amide bonds. The third-order valence-corrected chi connectivity index (χ3v) is 4.44. The maximum absolute atomic E-state index is 9.63. The molecule has 0 spiro atoms. The number of ether oxygens (including phenoxy) is 2. The number of aryl methyl sites for hydroxylation is 3. The van der Waals surface area contributed by atoms with Crippen molar-refractivity contribution in [3.8, 4) is 11.5 Å². The fourth-order valence-electron chi connectivity index (χ4n) is 2.94. The first-order chi connectivity index (χ1) is 12.1. The molecule has 0 fully saturated rings. The van der Waals surface area contributed by atoms with Gasteiger partial charge in [0.25, 0.3) is 0 Å². The van der Waals surface area contributed by atoms with Crippen molar-refractivity contribution in [2.75, 3.05) is 13.7 Å². The van der Waals surface area contributed by atoms with Crippen molar-refractivity contribution in [3.05, 3.63) is 53.3 Å². The molecule has 0 atom stereocenters. The number of nitrogens with zero attached hydrogens (tertiary/aromatic N) is 2. The van der Waals surface area contributed by atoms with Crippen molar-refractivity contribution >= 4 is 11.0 Å². The van der Waals surface area contributed by atoms with E-state index in [0.29, 0.717) is 12.4 Å². The van der Waals surface area contributed by atoms with Gasteiger partial charge in [-0.3, -0.25) is 0 Å². The molecule has 0 aliphatic rings. The molecule has 0 radical (unpaired) electrons. The summed E-state index contributed by atoms with van der Waals surface area (Å²) in [6, 6.07) is 11.8. The van der Waals surface area contributed by atoms with Crippen LogP contribution in [0, 0.1) is 13.8 Å². The van der Waals surface area contributed by atoms with Gasteiger partial charge >= 0.3 is 0 Å². The standard InChI is InChI=1S/C20H24N2O3/c1-14-11-16-17(12-15(14)2)22(20(13-23)21-16)9-6-10-25-19-8-5-4-7-18(19)24-3/h4-5,7-8,11-12,23H,6,9-10,13H2,1-3H3. The van der Waals surface area contributed by atoms with Gasteiger partial charge in [-0.15, -0.1) is 0 Å². The summed E-state index contributed by atoms with van der Waals surface area (Å²) in [4.78, 5) is 4.55. The van der Waals surface area contributed by atoms with Gasteiger partial charge in [0.05, 0.1) is 24.8 Å². The molecule has 0 saturated heterocycles. The van der Waals surface area contributed by atoms with Gasteiger partial charge in [0.1, 0.15) is 12.4 Å². The van der Waals surface area contributed by atoms with Crippen LogP contribution in [0.4, 0.5) is 0 Å². The van der Waals surface area contributed by atoms with Crippen LogP contribution in [0.3, 0.4) is 0 Å². The molecular weight excluding hydrogens is 316 g/mol. The first-order valence-electron chi connectivity index (χ1n) is 8.47. The number of aliphatic hydroxyl groups excluding tert-OH is 1. The lowest BCUT2D eigenvalue weighted by molar-refractivity contribution is 0.259. The van der Waals surface area contributed by atoms with Crippen molar-refractivity contribution in [3.63, 3.8) is 0 Å². The molecule has 0 saturated carbocycles. The van der Waals surface area contributed by atoms with Crippen LogP contribution in [0.25, 0.3) is 11.0 Å². The third-order valence-electron chi connectivity index (χ3n) is 4.44. The number of benzene rings is 2. The molecule has 3 aromatic rings. The molecule has 2 aromatic carbocycles. The van der Waals surface area contributed by atoms with Gasteiger partial charge in [0, 0.05) is 6.54 Å². The molecule has 25 heavy (non-hydrogen) atoms. The molecule has 1 N–H and O–H groups in total. The second-order valence-corrected chi connectivity index (χ2v) is 6.12. The summed E-state index contributed by atoms with van der Waals surface area (Å²) < 4.78 is 13.2. The zero-order valence-corrected chi connectivity index (χ0v) is 15.0. The Morgan fingerprint density at radius 2 is 1.80 bits per heavy atom. The van der Waals surface area contributed by atoms with Crippen LogP contribution in [0.1, 0.15) is 23.4 Å². The number of imidazole rings is 1. The van der Waals surface area contributed by atoms with Crippen molar-refractivity contribution in [2.45, 2.75) is 33.4 Å². The normalized spacial score (nSPS) is 11.0. The molecule has 132 valence electrons. The Morgan fingerprint density at radius 1 is 1.08 bits per heavy atom. The first-order valence-corrected chi connectivity index (χ1v) is 8.47. The van der Waals surface area contributed by atoms with E-state index in [9.17, 15) is 5.11 Å². The van der Waals surface area contributed by atoms with Gasteiger partial charge in [0.2, 0.25) is 0 Å². The summed E-state index contributed by atoms with van der Waals surface area (Å²) in [6.45, 7) is 5.41. The quantitative estimate of drug-likeness (QED) is 0.668. The predicted octanol–water partition coefficient (Wildman–Crippen LogP) is 3.62. The van der Waals surface area contributed by atoms with Crippen LogP contribution in [0.5, 0.6) is 11.5 Å². The minimum absolute atomic E-state index is 0.0693. The molecular formula is C20H24N2O3. The van der Waals surface area contributed by atoms with E-state index in [1.165, 1.54) is 11.1 Å². The molecule has 3 rings (SSSR count). The summed E-state index contributed by atoms with van der Waals surface area (Å²) in [5.41, 5.74) is 4.42. The Bertz CT molecular complexity index is 871. The van der Waals surface area contributed by atoms with Crippen LogP contribution < -0.4 is 9.47 Å². The highest BCUT2D eigenvalue weighted by Gasteiger charge is 2.11. The maximum atomic E-state index is 9.63. The average molecular weight is 340 g/mol. The van der Waals surface area contributed by atoms with Crippen LogP contribution in [-0.2, 0) is 13.2 Å². The second-order valence-electron chi connectivity index (χ2n) is 6.12. The lowest BCUT2D eigenvalue weighted by Crippen LogP contribution is -2.08. The van der Waals surface area contributed by atoms with Gasteiger partial charge in [0.15, 0.2) is 11.5 Å². The molecule has 0 aliphatic heterocycles. The maximum Gasteiger partial charge on any atom is 0.161 e. The van der Waals surface area contributed by atoms with Crippen LogP contribution in [0.2, 0.25) is 0 Å². The number of aromatic nitrogens is 2. The molecule has 0 unspecified atom stereocenters. The highest BCUT2D eigenvalue weighted by Crippen LogP contribution is 2.26. The predicted molar refractivity (Wildman–Crippen MR) is 98.2 cm³/mol. The van der Waals surface area contributed by atoms with E-state index in [4.69, 9.17) is 9.47 Å². The van der Waals surface area contributed by atoms with Crippen molar-refractivity contribution in [2.24, 2.45) is 0 Å². The third kappa shape index (κ3) is 3.61. The lowest BCUT2D eigenvalue weighted by atomic mass is 10.1. The largest absolute Gasteiger partial charge is 0.493 e. The number of fused-ring (bicyclic) bond motifs is 1. The Labute approximate surface area is 147 Å². The van der Waals surface area contributed by atoms with Crippen molar-refractivity contribution in [1.29, 1.82) is 0 Å². The lowest BCUT2D eigenvalue weighted by Gasteiger charge is -2.12. The average Bonchev–Trinajstić information content (AvgIpc) is 2.96. The molecule has 5 heteroatoms. The van der Waals surface area contributed by atoms with Gasteiger partial charge < -0.3 is 19.1 Å². The van der Waals surface area contributed by atoms with Gasteiger partial charge in [-0.1, -0.05) is 12.1 Å². The summed E-state index contributed by atoms with van der Waals surface area (Å²) in [6.07, 6.45) is 0.809. The highest BCUT2D eigenvalue weighted by molar-refractivity contribution is 5.78. The Kier molecular flexibility index (Phi) is 5.24. The number of hydrogen-bond donors (Lipinski definition) is 1. The van der Waals surface area contributed by atoms with Crippen molar-refractivity contribution < 1.29 is 14.6 Å². The minimum atomic E-state index is -0.0693. The van der Waals surface area contributed by atoms with E-state index in [2.05, 4.69) is 35.5 Å². The van der Waals surface area contributed by atoms with Gasteiger partial charge in [-0.25, -0.2) is 4.98 Å². The summed E-state index contributed by atoms with van der Waals surface area (Å²) in [5, 5.41) is 9.63. The SMILES string of the molecule is COc1ccccc1OCCCn1c(CO)nc2cc(C)c(C)cc21. The molecule has 1 heterocycles. The van der Waals surface area contributed by atoms with Crippen LogP contribution in [0.15, 0.2) is 36.4 Å². The topological polar surface area (TPSA) is 56.5 Å². The van der Waals surface area contributed by atoms with E-state index < -0.39 is 0 Å². The van der Waals surface area contributed by atoms with Crippen LogP contribution >= 0.6 is 0 Å². The fraction of sp³-hybridized carbons (Fsp3) is 0.350. The van der Waals surface area contributed by atoms with E-state index in [-0.39, 0.29) is 6.61 Å². The Morgan fingerprint density at radius 3 is 2.52 bits per heavy atom. The van der Waals surface area contributed by atoms with Crippen molar-refractivity contribution in [1.82, 2.24) is 9.55 Å². The van der Waals surface area contributed by atoms with E-state index in [0.717, 1.165) is 35.5 Å². The Balaban J connectivity index is 1.71. The smallest absolute Gasteiger partial charge is 0.161 e. The van der Waals surface area contributed by atoms with E-state index in [1.807, 2.05) is 24.3 Å². The van der Waals surface area contributed by atoms with E-state index in [1.54, 1.807) is 7.11 Å². The first kappa shape index (κ1) is 17.3. The number of rotatable bonds is 7. The minimum Gasteiger partial charge on any atom is -0.493 e. The zero-order chi connectivity index (χ0) is 17.8. The van der Waals surface area contributed by atoms with Gasteiger partial charge in [-0.05, 0) is 55.7 Å². The zero-order valence-electron chi connectivity index (χ0n) is 15.0. The number of methoxy groups -OCH3 is 1. The number of para-hydroxylation sites is 2. The fourth-order valence-corrected chi connectivity index (χ4v) is 2.94. The summed E-state index contributed by atoms with van der Waals surface area (Å²) >= 11 is 0. The molecule has 0 bridgehead atoms. The Hall–Kier alpha value is -2.53. The molecule has 1 aromatic heterocycles. The van der Waals surface area contributed by atoms with Gasteiger partial charge in [-0.2, -0.15) is 0 Å². The molecule has 5 nitrogen and oxygen atoms in total. The molecule has 0 aliphatic carbocycles. The monoisotopic (exact) mass is 340 g/mol. The second kappa shape index (κ2) is 7.57. The van der Waals surface area contributed by atoms with Crippen LogP contribution in [-0.4, -0.2) is 28.4 Å². The van der Waals surface area contributed by atoms with E-state index >= 15 is 0 Å². The summed E-state index contributed by atoms with van der Waals surface area (Å²) in [5.74, 6) is 2.17. The highest BCUT2D eigenvalue weighted by atomic mass is 16.5.